The number of rotatable bonds is 20. The zero-order valence-corrected chi connectivity index (χ0v) is 22.4. The molecular formula is C25H42O11. The van der Waals surface area contributed by atoms with Crippen molar-refractivity contribution in [3.8, 4) is 0 Å². The van der Waals surface area contributed by atoms with Gasteiger partial charge in [0.2, 0.25) is 12.6 Å². The lowest BCUT2D eigenvalue weighted by molar-refractivity contribution is -0.250. The van der Waals surface area contributed by atoms with Crippen LogP contribution in [-0.2, 0) is 48.1 Å². The van der Waals surface area contributed by atoms with E-state index in [0.29, 0.717) is 13.2 Å². The molecule has 11 heteroatoms. The molecule has 0 aliphatic heterocycles. The molecule has 0 heterocycles. The van der Waals surface area contributed by atoms with Gasteiger partial charge in [-0.2, -0.15) is 9.78 Å². The quantitative estimate of drug-likeness (QED) is 0.0370. The zero-order chi connectivity index (χ0) is 27.2. The van der Waals surface area contributed by atoms with Gasteiger partial charge in [0.15, 0.2) is 0 Å². The number of hydrogen-bond donors (Lipinski definition) is 0. The van der Waals surface area contributed by atoms with Gasteiger partial charge in [-0.3, -0.25) is 0 Å². The molecule has 0 amide bonds. The zero-order valence-electron chi connectivity index (χ0n) is 22.4. The molecule has 0 saturated carbocycles. The van der Waals surface area contributed by atoms with Crippen molar-refractivity contribution in [3.63, 3.8) is 0 Å². The molecule has 0 aromatic rings. The van der Waals surface area contributed by atoms with Crippen LogP contribution in [0.25, 0.3) is 0 Å². The van der Waals surface area contributed by atoms with E-state index in [1.165, 1.54) is 27.7 Å². The van der Waals surface area contributed by atoms with Gasteiger partial charge in [0.25, 0.3) is 0 Å². The van der Waals surface area contributed by atoms with E-state index in [1.807, 2.05) is 0 Å². The summed E-state index contributed by atoms with van der Waals surface area (Å²) in [7, 11) is 0. The highest BCUT2D eigenvalue weighted by molar-refractivity contribution is 5.88. The van der Waals surface area contributed by atoms with Crippen molar-refractivity contribution in [3.05, 3.63) is 23.7 Å². The number of carbonyl (C=O) groups excluding carboxylic acids is 3. The molecule has 208 valence electrons. The molecule has 0 aromatic carbocycles. The predicted octanol–water partition coefficient (Wildman–Crippen LogP) is 5.78. The third kappa shape index (κ3) is 18.5. The van der Waals surface area contributed by atoms with Crippen molar-refractivity contribution in [2.24, 2.45) is 0 Å². The van der Waals surface area contributed by atoms with E-state index in [4.69, 9.17) is 38.5 Å². The Balaban J connectivity index is 4.20. The largest absolute Gasteiger partial charge is 0.514 e. The van der Waals surface area contributed by atoms with Crippen LogP contribution in [0.4, 0.5) is 4.79 Å². The Kier molecular flexibility index (Phi) is 19.8. The minimum atomic E-state index is -1.27. The Hall–Kier alpha value is -2.79. The van der Waals surface area contributed by atoms with Crippen molar-refractivity contribution >= 4 is 18.1 Å². The van der Waals surface area contributed by atoms with Crippen LogP contribution in [0.2, 0.25) is 0 Å². The third-order valence-electron chi connectivity index (χ3n) is 4.46. The van der Waals surface area contributed by atoms with Crippen molar-refractivity contribution in [2.45, 2.75) is 105 Å². The molecular weight excluding hydrogens is 476 g/mol. The fraction of sp³-hybridized carbons (Fsp3) is 0.720. The molecule has 0 aliphatic rings. The summed E-state index contributed by atoms with van der Waals surface area (Å²) in [5, 5.41) is 0. The van der Waals surface area contributed by atoms with E-state index in [1.54, 1.807) is 0 Å². The predicted molar refractivity (Wildman–Crippen MR) is 129 cm³/mol. The van der Waals surface area contributed by atoms with E-state index < -0.39 is 30.7 Å². The monoisotopic (exact) mass is 518 g/mol. The van der Waals surface area contributed by atoms with Crippen LogP contribution < -0.4 is 0 Å². The summed E-state index contributed by atoms with van der Waals surface area (Å²) in [6.45, 7) is 10.6. The van der Waals surface area contributed by atoms with Crippen LogP contribution in [0.5, 0.6) is 0 Å². The molecule has 11 nitrogen and oxygen atoms in total. The maximum Gasteiger partial charge on any atom is 0.514 e. The summed E-state index contributed by atoms with van der Waals surface area (Å²) in [4.78, 5) is 55.5. The van der Waals surface area contributed by atoms with Gasteiger partial charge in [0, 0.05) is 13.8 Å². The van der Waals surface area contributed by atoms with Crippen molar-refractivity contribution in [1.82, 2.24) is 0 Å². The summed E-state index contributed by atoms with van der Waals surface area (Å²) >= 11 is 0. The number of esters is 2. The first-order valence-corrected chi connectivity index (χ1v) is 12.4. The summed E-state index contributed by atoms with van der Waals surface area (Å²) in [5.74, 6) is -1.56. The fourth-order valence-electron chi connectivity index (χ4n) is 2.41. The maximum absolute atomic E-state index is 12.0. The van der Waals surface area contributed by atoms with Crippen LogP contribution >= 0.6 is 0 Å². The molecule has 0 saturated heterocycles. The Morgan fingerprint density at radius 1 is 0.611 bits per heavy atom. The van der Waals surface area contributed by atoms with Gasteiger partial charge < -0.3 is 28.7 Å². The molecule has 0 spiro atoms. The molecule has 0 radical (unpaired) electrons. The van der Waals surface area contributed by atoms with Crippen LogP contribution in [0.1, 0.15) is 92.9 Å². The number of carbonyl (C=O) groups is 3. The molecule has 0 fully saturated rings. The lowest BCUT2D eigenvalue weighted by Crippen LogP contribution is -2.27. The summed E-state index contributed by atoms with van der Waals surface area (Å²) < 4.78 is 19.6. The van der Waals surface area contributed by atoms with Crippen LogP contribution in [-0.4, -0.2) is 43.9 Å². The van der Waals surface area contributed by atoms with Gasteiger partial charge in [0.05, 0.1) is 24.4 Å². The highest BCUT2D eigenvalue weighted by atomic mass is 17.2. The first-order chi connectivity index (χ1) is 17.2. The minimum Gasteiger partial charge on any atom is -0.422 e. The lowest BCUT2D eigenvalue weighted by Gasteiger charge is -2.17. The second-order valence-corrected chi connectivity index (χ2v) is 7.99. The molecule has 2 unspecified atom stereocenters. The first kappa shape index (κ1) is 33.2. The fourth-order valence-corrected chi connectivity index (χ4v) is 2.41. The van der Waals surface area contributed by atoms with Crippen molar-refractivity contribution < 1.29 is 52.9 Å². The molecule has 0 rings (SSSR count). The molecule has 2 atom stereocenters. The number of ether oxygens (including phenoxy) is 4. The van der Waals surface area contributed by atoms with E-state index in [0.717, 1.165) is 63.9 Å². The van der Waals surface area contributed by atoms with E-state index in [-0.39, 0.29) is 11.1 Å². The Morgan fingerprint density at radius 2 is 1.00 bits per heavy atom. The first-order valence-electron chi connectivity index (χ1n) is 12.4. The van der Waals surface area contributed by atoms with E-state index in [2.05, 4.69) is 13.8 Å². The van der Waals surface area contributed by atoms with Gasteiger partial charge >= 0.3 is 18.1 Å². The molecule has 0 aliphatic carbocycles. The lowest BCUT2D eigenvalue weighted by atomic mass is 10.2. The van der Waals surface area contributed by atoms with Crippen LogP contribution in [0, 0.1) is 0 Å². The SMILES string of the molecule is CCCCCCOO/C=C(\C)C(=O)OC(C)OC(=O)OC(C)OC(=O)/C(C)=C/OOCCCCCC. The topological polar surface area (TPSA) is 125 Å². The minimum absolute atomic E-state index is 0.101. The van der Waals surface area contributed by atoms with Gasteiger partial charge in [-0.15, -0.1) is 0 Å². The highest BCUT2D eigenvalue weighted by Crippen LogP contribution is 2.08. The second-order valence-electron chi connectivity index (χ2n) is 7.99. The number of unbranched alkanes of at least 4 members (excludes halogenated alkanes) is 6. The Morgan fingerprint density at radius 3 is 1.36 bits per heavy atom. The van der Waals surface area contributed by atoms with Gasteiger partial charge in [0.1, 0.15) is 12.5 Å². The molecule has 0 aromatic heterocycles. The summed E-state index contributed by atoms with van der Waals surface area (Å²) in [6.07, 6.45) is 6.71. The smallest absolute Gasteiger partial charge is 0.422 e. The van der Waals surface area contributed by atoms with E-state index >= 15 is 0 Å². The highest BCUT2D eigenvalue weighted by Gasteiger charge is 2.21. The normalized spacial score (nSPS) is 13.4. The van der Waals surface area contributed by atoms with Gasteiger partial charge in [-0.05, 0) is 26.7 Å². The Bertz CT molecular complexity index is 631. The number of hydrogen-bond acceptors (Lipinski definition) is 11. The average molecular weight is 519 g/mol. The maximum atomic E-state index is 12.0. The van der Waals surface area contributed by atoms with Gasteiger partial charge in [-0.1, -0.05) is 52.4 Å². The van der Waals surface area contributed by atoms with Crippen molar-refractivity contribution in [2.75, 3.05) is 13.2 Å². The second kappa shape index (κ2) is 21.5. The standard InChI is InChI=1S/C25H42O11/c1-7-9-11-13-15-29-31-17-19(3)23(26)33-21(5)35-25(28)36-22(6)34-24(27)20(4)18-32-30-16-14-12-10-8-2/h17-18,21-22H,7-16H2,1-6H3/b19-17+,20-18+. The van der Waals surface area contributed by atoms with Crippen LogP contribution in [0.15, 0.2) is 23.7 Å². The molecule has 0 N–H and O–H groups in total. The molecule has 36 heavy (non-hydrogen) atoms. The Labute approximate surface area is 213 Å². The van der Waals surface area contributed by atoms with Gasteiger partial charge in [-0.25, -0.2) is 14.4 Å². The van der Waals surface area contributed by atoms with Crippen LogP contribution in [0.3, 0.4) is 0 Å². The summed E-state index contributed by atoms with van der Waals surface area (Å²) in [5.41, 5.74) is 0.202. The van der Waals surface area contributed by atoms with Crippen molar-refractivity contribution in [1.29, 1.82) is 0 Å². The summed E-state index contributed by atoms with van der Waals surface area (Å²) in [6, 6.07) is 0. The molecule has 0 bridgehead atoms. The average Bonchev–Trinajstić information content (AvgIpc) is 2.82. The van der Waals surface area contributed by atoms with E-state index in [9.17, 15) is 14.4 Å². The third-order valence-corrected chi connectivity index (χ3v) is 4.46.